The number of ether oxygens (including phenoxy) is 1. The molecule has 90 valence electrons. The molecule has 1 aromatic rings. The maximum atomic E-state index is 9.09. The number of nitriles is 1. The van der Waals surface area contributed by atoms with Crippen molar-refractivity contribution in [3.63, 3.8) is 0 Å². The van der Waals surface area contributed by atoms with Crippen molar-refractivity contribution in [2.24, 2.45) is 5.92 Å². The van der Waals surface area contributed by atoms with Gasteiger partial charge in [0.15, 0.2) is 0 Å². The Hall–Kier alpha value is -1.60. The van der Waals surface area contributed by atoms with Crippen LogP contribution < -0.4 is 4.90 Å². The topological polar surface area (TPSA) is 49.1 Å². The lowest BCUT2D eigenvalue weighted by atomic mass is 9.95. The molecular weight excluding hydrogens is 214 g/mol. The molecule has 0 aromatic carbocycles. The molecule has 1 aliphatic heterocycles. The predicted octanol–water partition coefficient (Wildman–Crippen LogP) is 1.81. The van der Waals surface area contributed by atoms with Gasteiger partial charge in [-0.05, 0) is 18.4 Å². The van der Waals surface area contributed by atoms with Gasteiger partial charge < -0.3 is 9.64 Å². The molecule has 17 heavy (non-hydrogen) atoms. The molecule has 1 saturated heterocycles. The molecule has 1 aliphatic rings. The number of pyridine rings is 1. The second kappa shape index (κ2) is 5.15. The summed E-state index contributed by atoms with van der Waals surface area (Å²) in [5.74, 6) is 0.568. The number of piperidine rings is 1. The molecular formula is C13H17N3O. The van der Waals surface area contributed by atoms with Crippen molar-refractivity contribution in [2.75, 3.05) is 25.1 Å². The first-order chi connectivity index (χ1) is 8.26. The normalized spacial score (nSPS) is 24.4. The summed E-state index contributed by atoms with van der Waals surface area (Å²) in [7, 11) is 1.75. The van der Waals surface area contributed by atoms with E-state index in [-0.39, 0.29) is 6.10 Å². The lowest BCUT2D eigenvalue weighted by Crippen LogP contribution is -2.44. The molecule has 0 N–H and O–H groups in total. The van der Waals surface area contributed by atoms with Gasteiger partial charge in [-0.1, -0.05) is 6.92 Å². The second-order valence-corrected chi connectivity index (χ2v) is 4.49. The Bertz CT molecular complexity index is 427. The standard InChI is InChI=1S/C13H17N3O/c1-10-4-6-16(9-13(10)17-2)12-8-15-5-3-11(12)7-14/h3,5,8,10,13H,4,6,9H2,1-2H3. The fourth-order valence-electron chi connectivity index (χ4n) is 2.29. The number of hydrogen-bond donors (Lipinski definition) is 0. The first-order valence-electron chi connectivity index (χ1n) is 5.88. The lowest BCUT2D eigenvalue weighted by Gasteiger charge is -2.37. The van der Waals surface area contributed by atoms with Gasteiger partial charge in [-0.25, -0.2) is 0 Å². The number of methoxy groups -OCH3 is 1. The molecule has 0 aliphatic carbocycles. The van der Waals surface area contributed by atoms with Crippen LogP contribution in [0.1, 0.15) is 18.9 Å². The van der Waals surface area contributed by atoms with E-state index >= 15 is 0 Å². The van der Waals surface area contributed by atoms with Gasteiger partial charge >= 0.3 is 0 Å². The highest BCUT2D eigenvalue weighted by Gasteiger charge is 2.27. The second-order valence-electron chi connectivity index (χ2n) is 4.49. The largest absolute Gasteiger partial charge is 0.379 e. The summed E-state index contributed by atoms with van der Waals surface area (Å²) in [6.45, 7) is 4.00. The number of aromatic nitrogens is 1. The first-order valence-corrected chi connectivity index (χ1v) is 5.88. The summed E-state index contributed by atoms with van der Waals surface area (Å²) in [6.07, 6.45) is 4.73. The fourth-order valence-corrected chi connectivity index (χ4v) is 2.29. The van der Waals surface area contributed by atoms with Crippen LogP contribution in [0.15, 0.2) is 18.5 Å². The quantitative estimate of drug-likeness (QED) is 0.779. The molecule has 2 rings (SSSR count). The average molecular weight is 231 g/mol. The SMILES string of the molecule is COC1CN(c2cnccc2C#N)CCC1C. The lowest BCUT2D eigenvalue weighted by molar-refractivity contribution is 0.0498. The highest BCUT2D eigenvalue weighted by molar-refractivity contribution is 5.57. The van der Waals surface area contributed by atoms with Crippen molar-refractivity contribution < 1.29 is 4.74 Å². The zero-order valence-corrected chi connectivity index (χ0v) is 10.3. The van der Waals surface area contributed by atoms with Gasteiger partial charge in [0.2, 0.25) is 0 Å². The van der Waals surface area contributed by atoms with E-state index in [1.54, 1.807) is 25.6 Å². The van der Waals surface area contributed by atoms with E-state index in [0.29, 0.717) is 11.5 Å². The van der Waals surface area contributed by atoms with Crippen molar-refractivity contribution >= 4 is 5.69 Å². The van der Waals surface area contributed by atoms with Crippen molar-refractivity contribution in [1.82, 2.24) is 4.98 Å². The Labute approximate surface area is 102 Å². The summed E-state index contributed by atoms with van der Waals surface area (Å²) in [6, 6.07) is 3.97. The van der Waals surface area contributed by atoms with Crippen molar-refractivity contribution in [1.29, 1.82) is 5.26 Å². The van der Waals surface area contributed by atoms with Crippen LogP contribution in [0.25, 0.3) is 0 Å². The number of rotatable bonds is 2. The smallest absolute Gasteiger partial charge is 0.101 e. The van der Waals surface area contributed by atoms with Gasteiger partial charge in [-0.2, -0.15) is 5.26 Å². The van der Waals surface area contributed by atoms with E-state index in [1.807, 2.05) is 0 Å². The van der Waals surface area contributed by atoms with Gasteiger partial charge in [0.25, 0.3) is 0 Å². The summed E-state index contributed by atoms with van der Waals surface area (Å²) < 4.78 is 5.48. The third kappa shape index (κ3) is 2.40. The molecule has 0 bridgehead atoms. The van der Waals surface area contributed by atoms with Crippen LogP contribution >= 0.6 is 0 Å². The van der Waals surface area contributed by atoms with E-state index < -0.39 is 0 Å². The molecule has 4 nitrogen and oxygen atoms in total. The maximum absolute atomic E-state index is 9.09. The predicted molar refractivity (Wildman–Crippen MR) is 65.7 cm³/mol. The minimum atomic E-state index is 0.232. The van der Waals surface area contributed by atoms with Crippen LogP contribution in [0, 0.1) is 17.2 Å². The van der Waals surface area contributed by atoms with Gasteiger partial charge in [-0.15, -0.1) is 0 Å². The minimum absolute atomic E-state index is 0.232. The van der Waals surface area contributed by atoms with E-state index in [1.165, 1.54) is 0 Å². The Balaban J connectivity index is 2.21. The zero-order valence-electron chi connectivity index (χ0n) is 10.3. The third-order valence-electron chi connectivity index (χ3n) is 3.45. The van der Waals surface area contributed by atoms with Crippen LogP contribution in [0.2, 0.25) is 0 Å². The Morgan fingerprint density at radius 2 is 2.41 bits per heavy atom. The molecule has 0 saturated carbocycles. The van der Waals surface area contributed by atoms with E-state index in [2.05, 4.69) is 22.9 Å². The van der Waals surface area contributed by atoms with Crippen LogP contribution in [-0.2, 0) is 4.74 Å². The molecule has 0 spiro atoms. The van der Waals surface area contributed by atoms with Gasteiger partial charge in [0, 0.05) is 26.4 Å². The van der Waals surface area contributed by atoms with Gasteiger partial charge in [-0.3, -0.25) is 4.98 Å². The molecule has 1 fully saturated rings. The third-order valence-corrected chi connectivity index (χ3v) is 3.45. The molecule has 0 amide bonds. The van der Waals surface area contributed by atoms with Crippen LogP contribution in [0.5, 0.6) is 0 Å². The highest BCUT2D eigenvalue weighted by Crippen LogP contribution is 2.26. The Morgan fingerprint density at radius 3 is 3.12 bits per heavy atom. The van der Waals surface area contributed by atoms with Crippen LogP contribution in [-0.4, -0.2) is 31.3 Å². The molecule has 4 heteroatoms. The fraction of sp³-hybridized carbons (Fsp3) is 0.538. The summed E-state index contributed by atoms with van der Waals surface area (Å²) in [5, 5.41) is 9.09. The number of anilines is 1. The van der Waals surface area contributed by atoms with E-state index in [9.17, 15) is 0 Å². The highest BCUT2D eigenvalue weighted by atomic mass is 16.5. The van der Waals surface area contributed by atoms with Gasteiger partial charge in [0.1, 0.15) is 6.07 Å². The maximum Gasteiger partial charge on any atom is 0.101 e. The molecule has 2 heterocycles. The van der Waals surface area contributed by atoms with Crippen LogP contribution in [0.4, 0.5) is 5.69 Å². The number of hydrogen-bond acceptors (Lipinski definition) is 4. The molecule has 1 aromatic heterocycles. The summed E-state index contributed by atoms with van der Waals surface area (Å²) >= 11 is 0. The Kier molecular flexibility index (Phi) is 3.60. The molecule has 0 radical (unpaired) electrons. The number of nitrogens with zero attached hydrogens (tertiary/aromatic N) is 3. The average Bonchev–Trinajstić information content (AvgIpc) is 2.39. The van der Waals surface area contributed by atoms with E-state index in [0.717, 1.165) is 25.2 Å². The van der Waals surface area contributed by atoms with Crippen molar-refractivity contribution in [3.05, 3.63) is 24.0 Å². The first kappa shape index (κ1) is 11.9. The van der Waals surface area contributed by atoms with Gasteiger partial charge in [0.05, 0.1) is 23.6 Å². The minimum Gasteiger partial charge on any atom is -0.379 e. The summed E-state index contributed by atoms with van der Waals surface area (Å²) in [4.78, 5) is 6.30. The zero-order chi connectivity index (χ0) is 12.3. The van der Waals surface area contributed by atoms with Crippen LogP contribution in [0.3, 0.4) is 0 Å². The molecule has 2 atom stereocenters. The van der Waals surface area contributed by atoms with E-state index in [4.69, 9.17) is 10.00 Å². The molecule has 2 unspecified atom stereocenters. The van der Waals surface area contributed by atoms with Crippen molar-refractivity contribution in [2.45, 2.75) is 19.4 Å². The summed E-state index contributed by atoms with van der Waals surface area (Å²) in [5.41, 5.74) is 1.60. The van der Waals surface area contributed by atoms with Crippen molar-refractivity contribution in [3.8, 4) is 6.07 Å². The monoisotopic (exact) mass is 231 g/mol. The Morgan fingerprint density at radius 1 is 1.59 bits per heavy atom.